The minimum absolute atomic E-state index is 0.488. The molecule has 2 aromatic rings. The summed E-state index contributed by atoms with van der Waals surface area (Å²) in [6, 6.07) is 17.8. The number of aliphatic hydroxyl groups excluding tert-OH is 1. The van der Waals surface area contributed by atoms with Crippen LogP contribution >= 0.6 is 0 Å². The molecule has 0 aliphatic carbocycles. The molecule has 0 saturated carbocycles. The van der Waals surface area contributed by atoms with E-state index in [1.165, 1.54) is 0 Å². The van der Waals surface area contributed by atoms with Crippen LogP contribution in [0.15, 0.2) is 59.6 Å². The molecule has 3 rings (SSSR count). The molecule has 1 unspecified atom stereocenters. The van der Waals surface area contributed by atoms with Gasteiger partial charge < -0.3 is 25.2 Å². The average molecular weight is 441 g/mol. The molecule has 3 N–H and O–H groups in total. The number of nitrogens with one attached hydrogen (secondary N) is 2. The van der Waals surface area contributed by atoms with Crippen LogP contribution in [0.1, 0.15) is 30.6 Å². The topological polar surface area (TPSA) is 78.4 Å². The quantitative estimate of drug-likeness (QED) is 0.368. The Morgan fingerprint density at radius 1 is 1.12 bits per heavy atom. The standard InChI is InChI=1S/C25H36N4O3/c1-2-26-25(27-12-11-24(30)22-8-4-3-5-9-22)28-20-21-7-6-10-23(19-21)32-18-15-29-13-16-31-17-14-29/h3-10,19,24,30H,2,11-18,20H2,1H3,(H2,26,27,28). The van der Waals surface area contributed by atoms with E-state index in [2.05, 4.69) is 26.6 Å². The fourth-order valence-electron chi connectivity index (χ4n) is 3.53. The molecule has 32 heavy (non-hydrogen) atoms. The van der Waals surface area contributed by atoms with E-state index in [1.807, 2.05) is 55.5 Å². The zero-order valence-corrected chi connectivity index (χ0v) is 19.0. The SMILES string of the molecule is CCNC(=NCc1cccc(OCCN2CCOCC2)c1)NCCC(O)c1ccccc1. The number of rotatable bonds is 11. The van der Waals surface area contributed by atoms with Gasteiger partial charge in [0, 0.05) is 32.7 Å². The first kappa shape index (κ1) is 24.0. The molecule has 0 radical (unpaired) electrons. The summed E-state index contributed by atoms with van der Waals surface area (Å²) < 4.78 is 11.3. The van der Waals surface area contributed by atoms with Crippen molar-refractivity contribution >= 4 is 5.96 Å². The summed E-state index contributed by atoms with van der Waals surface area (Å²) in [5, 5.41) is 16.9. The maximum Gasteiger partial charge on any atom is 0.191 e. The molecule has 1 aliphatic heterocycles. The molecule has 1 heterocycles. The molecule has 0 bridgehead atoms. The van der Waals surface area contributed by atoms with Crippen molar-refractivity contribution in [2.24, 2.45) is 4.99 Å². The number of hydrogen-bond donors (Lipinski definition) is 3. The highest BCUT2D eigenvalue weighted by molar-refractivity contribution is 5.79. The van der Waals surface area contributed by atoms with Gasteiger partial charge in [0.1, 0.15) is 12.4 Å². The van der Waals surface area contributed by atoms with Crippen LogP contribution in [0.5, 0.6) is 5.75 Å². The summed E-state index contributed by atoms with van der Waals surface area (Å²) in [5.41, 5.74) is 2.03. The summed E-state index contributed by atoms with van der Waals surface area (Å²) in [7, 11) is 0. The monoisotopic (exact) mass is 440 g/mol. The van der Waals surface area contributed by atoms with Gasteiger partial charge in [-0.3, -0.25) is 4.90 Å². The molecule has 174 valence electrons. The number of hydrogen-bond acceptors (Lipinski definition) is 5. The number of aliphatic hydroxyl groups is 1. The Hall–Kier alpha value is -2.61. The van der Waals surface area contributed by atoms with Crippen LogP contribution in [0.4, 0.5) is 0 Å². The normalized spacial score (nSPS) is 15.9. The number of guanidine groups is 1. The second kappa shape index (κ2) is 13.7. The van der Waals surface area contributed by atoms with Crippen molar-refractivity contribution in [2.45, 2.75) is 26.0 Å². The third-order valence-electron chi connectivity index (χ3n) is 5.34. The molecule has 7 nitrogen and oxygen atoms in total. The number of morpholine rings is 1. The Morgan fingerprint density at radius 3 is 2.72 bits per heavy atom. The van der Waals surface area contributed by atoms with E-state index in [1.54, 1.807) is 0 Å². The van der Waals surface area contributed by atoms with Gasteiger partial charge in [-0.15, -0.1) is 0 Å². The number of ether oxygens (including phenoxy) is 2. The lowest BCUT2D eigenvalue weighted by Gasteiger charge is -2.26. The third kappa shape index (κ3) is 8.49. The van der Waals surface area contributed by atoms with Crippen LogP contribution in [0.3, 0.4) is 0 Å². The molecule has 2 aromatic carbocycles. The first-order valence-electron chi connectivity index (χ1n) is 11.5. The molecular formula is C25H36N4O3. The van der Waals surface area contributed by atoms with Crippen LogP contribution in [0.2, 0.25) is 0 Å². The van der Waals surface area contributed by atoms with Crippen LogP contribution in [0.25, 0.3) is 0 Å². The molecule has 7 heteroatoms. The van der Waals surface area contributed by atoms with Gasteiger partial charge in [-0.2, -0.15) is 0 Å². The lowest BCUT2D eigenvalue weighted by Crippen LogP contribution is -2.38. The Kier molecular flexibility index (Phi) is 10.3. The van der Waals surface area contributed by atoms with Gasteiger partial charge in [0.2, 0.25) is 0 Å². The second-order valence-electron chi connectivity index (χ2n) is 7.79. The van der Waals surface area contributed by atoms with Gasteiger partial charge in [0.15, 0.2) is 5.96 Å². The van der Waals surface area contributed by atoms with E-state index in [0.29, 0.717) is 26.1 Å². The zero-order valence-electron chi connectivity index (χ0n) is 19.0. The minimum atomic E-state index is -0.488. The zero-order chi connectivity index (χ0) is 22.4. The number of aliphatic imine (C=N–C) groups is 1. The van der Waals surface area contributed by atoms with Crippen molar-refractivity contribution in [1.82, 2.24) is 15.5 Å². The smallest absolute Gasteiger partial charge is 0.191 e. The second-order valence-corrected chi connectivity index (χ2v) is 7.79. The molecule has 0 aromatic heterocycles. The Balaban J connectivity index is 1.44. The Morgan fingerprint density at radius 2 is 1.94 bits per heavy atom. The van der Waals surface area contributed by atoms with Crippen LogP contribution in [0, 0.1) is 0 Å². The van der Waals surface area contributed by atoms with Gasteiger partial charge in [0.25, 0.3) is 0 Å². The first-order chi connectivity index (χ1) is 15.7. The van der Waals surface area contributed by atoms with Gasteiger partial charge >= 0.3 is 0 Å². The van der Waals surface area contributed by atoms with Gasteiger partial charge in [-0.25, -0.2) is 4.99 Å². The predicted molar refractivity (Wildman–Crippen MR) is 128 cm³/mol. The highest BCUT2D eigenvalue weighted by atomic mass is 16.5. The van der Waals surface area contributed by atoms with Crippen molar-refractivity contribution in [3.8, 4) is 5.75 Å². The molecule has 0 amide bonds. The van der Waals surface area contributed by atoms with E-state index in [-0.39, 0.29) is 0 Å². The summed E-state index contributed by atoms with van der Waals surface area (Å²) in [5.74, 6) is 1.61. The van der Waals surface area contributed by atoms with Gasteiger partial charge in [0.05, 0.1) is 25.9 Å². The highest BCUT2D eigenvalue weighted by Crippen LogP contribution is 2.16. The molecule has 0 spiro atoms. The van der Waals surface area contributed by atoms with Crippen LogP contribution in [-0.4, -0.2) is 68.5 Å². The molecular weight excluding hydrogens is 404 g/mol. The highest BCUT2D eigenvalue weighted by Gasteiger charge is 2.10. The molecule has 1 atom stereocenters. The summed E-state index contributed by atoms with van der Waals surface area (Å²) in [6.07, 6.45) is 0.124. The predicted octanol–water partition coefficient (Wildman–Crippen LogP) is 2.58. The maximum absolute atomic E-state index is 10.3. The summed E-state index contributed by atoms with van der Waals surface area (Å²) >= 11 is 0. The average Bonchev–Trinajstić information content (AvgIpc) is 2.84. The number of nitrogens with zero attached hydrogens (tertiary/aromatic N) is 2. The fourth-order valence-corrected chi connectivity index (χ4v) is 3.53. The minimum Gasteiger partial charge on any atom is -0.492 e. The van der Waals surface area contributed by atoms with E-state index >= 15 is 0 Å². The van der Waals surface area contributed by atoms with Crippen molar-refractivity contribution in [1.29, 1.82) is 0 Å². The van der Waals surface area contributed by atoms with E-state index in [4.69, 9.17) is 9.47 Å². The lowest BCUT2D eigenvalue weighted by molar-refractivity contribution is 0.0322. The van der Waals surface area contributed by atoms with Crippen LogP contribution < -0.4 is 15.4 Å². The Labute approximate surface area is 191 Å². The first-order valence-corrected chi connectivity index (χ1v) is 11.5. The third-order valence-corrected chi connectivity index (χ3v) is 5.34. The van der Waals surface area contributed by atoms with Gasteiger partial charge in [-0.1, -0.05) is 42.5 Å². The number of benzene rings is 2. The van der Waals surface area contributed by atoms with Crippen LogP contribution in [-0.2, 0) is 11.3 Å². The van der Waals surface area contributed by atoms with Crippen molar-refractivity contribution < 1.29 is 14.6 Å². The Bertz CT molecular complexity index is 810. The lowest BCUT2D eigenvalue weighted by atomic mass is 10.1. The largest absolute Gasteiger partial charge is 0.492 e. The van der Waals surface area contributed by atoms with Crippen molar-refractivity contribution in [2.75, 3.05) is 52.5 Å². The molecule has 1 fully saturated rings. The van der Waals surface area contributed by atoms with Gasteiger partial charge in [-0.05, 0) is 36.6 Å². The molecule has 1 saturated heterocycles. The fraction of sp³-hybridized carbons (Fsp3) is 0.480. The summed E-state index contributed by atoms with van der Waals surface area (Å²) in [4.78, 5) is 7.05. The summed E-state index contributed by atoms with van der Waals surface area (Å²) in [6.45, 7) is 9.14. The van der Waals surface area contributed by atoms with E-state index < -0.39 is 6.10 Å². The molecule has 1 aliphatic rings. The van der Waals surface area contributed by atoms with Crippen molar-refractivity contribution in [3.05, 3.63) is 65.7 Å². The van der Waals surface area contributed by atoms with E-state index in [0.717, 1.165) is 62.2 Å². The van der Waals surface area contributed by atoms with E-state index in [9.17, 15) is 5.11 Å². The van der Waals surface area contributed by atoms with Crippen molar-refractivity contribution in [3.63, 3.8) is 0 Å². The maximum atomic E-state index is 10.3.